The lowest BCUT2D eigenvalue weighted by Gasteiger charge is -2.16. The zero-order valence-electron chi connectivity index (χ0n) is 11.4. The van der Waals surface area contributed by atoms with Gasteiger partial charge in [-0.3, -0.25) is 0 Å². The molecule has 0 bridgehead atoms. The summed E-state index contributed by atoms with van der Waals surface area (Å²) < 4.78 is 11.0. The molecule has 0 radical (unpaired) electrons. The summed E-state index contributed by atoms with van der Waals surface area (Å²) in [5.41, 5.74) is 2.34. The van der Waals surface area contributed by atoms with E-state index in [1.807, 2.05) is 27.0 Å². The Bertz CT molecular complexity index is 350. The van der Waals surface area contributed by atoms with Crippen molar-refractivity contribution in [2.24, 2.45) is 0 Å². The van der Waals surface area contributed by atoms with Crippen LogP contribution in [0.2, 0.25) is 0 Å². The van der Waals surface area contributed by atoms with Crippen LogP contribution in [0.3, 0.4) is 0 Å². The van der Waals surface area contributed by atoms with Gasteiger partial charge in [0, 0.05) is 11.6 Å². The van der Waals surface area contributed by atoms with E-state index in [2.05, 4.69) is 24.4 Å². The first-order chi connectivity index (χ1) is 8.08. The number of hydrogen-bond donors (Lipinski definition) is 1. The summed E-state index contributed by atoms with van der Waals surface area (Å²) in [5.74, 6) is 0.887. The van der Waals surface area contributed by atoms with Crippen molar-refractivity contribution in [3.63, 3.8) is 0 Å². The Morgan fingerprint density at radius 1 is 1.24 bits per heavy atom. The zero-order valence-corrected chi connectivity index (χ0v) is 11.4. The van der Waals surface area contributed by atoms with Crippen molar-refractivity contribution in [3.8, 4) is 5.75 Å². The van der Waals surface area contributed by atoms with Crippen molar-refractivity contribution in [2.75, 3.05) is 14.2 Å². The van der Waals surface area contributed by atoms with E-state index in [9.17, 15) is 0 Å². The Labute approximate surface area is 104 Å². The Kier molecular flexibility index (Phi) is 5.45. The minimum atomic E-state index is 0.227. The summed E-state index contributed by atoms with van der Waals surface area (Å²) in [6.07, 6.45) is 0.227. The van der Waals surface area contributed by atoms with Crippen LogP contribution in [-0.2, 0) is 11.3 Å². The number of methoxy groups -OCH3 is 1. The summed E-state index contributed by atoms with van der Waals surface area (Å²) in [5, 5.41) is 3.23. The zero-order chi connectivity index (χ0) is 12.8. The van der Waals surface area contributed by atoms with Gasteiger partial charge in [0.25, 0.3) is 0 Å². The fraction of sp³-hybridized carbons (Fsp3) is 0.571. The number of hydrogen-bond acceptors (Lipinski definition) is 3. The van der Waals surface area contributed by atoms with Gasteiger partial charge in [-0.15, -0.1) is 0 Å². The van der Waals surface area contributed by atoms with Crippen molar-refractivity contribution in [3.05, 3.63) is 29.3 Å². The Balaban J connectivity index is 2.90. The average molecular weight is 237 g/mol. The summed E-state index contributed by atoms with van der Waals surface area (Å²) in [6.45, 7) is 6.79. The van der Waals surface area contributed by atoms with Gasteiger partial charge in [-0.2, -0.15) is 0 Å². The molecule has 17 heavy (non-hydrogen) atoms. The van der Waals surface area contributed by atoms with Gasteiger partial charge in [0.15, 0.2) is 0 Å². The van der Waals surface area contributed by atoms with E-state index in [1.165, 1.54) is 5.56 Å². The van der Waals surface area contributed by atoms with Crippen LogP contribution in [0.1, 0.15) is 37.9 Å². The van der Waals surface area contributed by atoms with Crippen molar-refractivity contribution in [1.29, 1.82) is 0 Å². The van der Waals surface area contributed by atoms with Gasteiger partial charge < -0.3 is 14.8 Å². The lowest BCUT2D eigenvalue weighted by molar-refractivity contribution is 0.0644. The topological polar surface area (TPSA) is 30.5 Å². The second-order valence-corrected chi connectivity index (χ2v) is 4.44. The first-order valence-electron chi connectivity index (χ1n) is 6.04. The highest BCUT2D eigenvalue weighted by Gasteiger charge is 2.09. The van der Waals surface area contributed by atoms with Gasteiger partial charge in [0.1, 0.15) is 5.75 Å². The van der Waals surface area contributed by atoms with Gasteiger partial charge in [0.05, 0.1) is 19.8 Å². The summed E-state index contributed by atoms with van der Waals surface area (Å²) >= 11 is 0. The van der Waals surface area contributed by atoms with Crippen LogP contribution in [0.5, 0.6) is 5.75 Å². The molecule has 0 aliphatic rings. The molecule has 0 amide bonds. The highest BCUT2D eigenvalue weighted by Crippen LogP contribution is 2.24. The molecular formula is C14H23NO2. The minimum Gasteiger partial charge on any atom is -0.496 e. The Morgan fingerprint density at radius 2 is 1.94 bits per heavy atom. The third kappa shape index (κ3) is 4.02. The van der Waals surface area contributed by atoms with Crippen molar-refractivity contribution in [2.45, 2.75) is 39.5 Å². The van der Waals surface area contributed by atoms with Crippen LogP contribution >= 0.6 is 0 Å². The molecule has 0 spiro atoms. The second kappa shape index (κ2) is 6.62. The van der Waals surface area contributed by atoms with Gasteiger partial charge in [-0.25, -0.2) is 0 Å². The molecule has 0 saturated heterocycles. The first-order valence-corrected chi connectivity index (χ1v) is 6.04. The molecule has 0 saturated carbocycles. The predicted molar refractivity (Wildman–Crippen MR) is 70.4 cm³/mol. The molecular weight excluding hydrogens is 214 g/mol. The normalized spacial score (nSPS) is 12.8. The smallest absolute Gasteiger partial charge is 0.124 e. The van der Waals surface area contributed by atoms with Crippen molar-refractivity contribution < 1.29 is 9.47 Å². The van der Waals surface area contributed by atoms with E-state index in [-0.39, 0.29) is 6.10 Å². The molecule has 1 unspecified atom stereocenters. The number of ether oxygens (including phenoxy) is 2. The molecule has 0 heterocycles. The lowest BCUT2D eigenvalue weighted by atomic mass is 10.0. The van der Waals surface area contributed by atoms with Gasteiger partial charge in [-0.1, -0.05) is 6.07 Å². The largest absolute Gasteiger partial charge is 0.496 e. The molecule has 3 heteroatoms. The van der Waals surface area contributed by atoms with Crippen LogP contribution in [0.15, 0.2) is 18.2 Å². The van der Waals surface area contributed by atoms with Gasteiger partial charge in [-0.05, 0) is 45.5 Å². The maximum atomic E-state index is 5.64. The minimum absolute atomic E-state index is 0.227. The number of rotatable bonds is 6. The van der Waals surface area contributed by atoms with Crippen LogP contribution in [-0.4, -0.2) is 20.3 Å². The van der Waals surface area contributed by atoms with Crippen LogP contribution in [0.4, 0.5) is 0 Å². The SMILES string of the molecule is CNC(C)c1ccc(OC)c(COC(C)C)c1. The monoisotopic (exact) mass is 237 g/mol. The molecule has 1 rings (SSSR count). The standard InChI is InChI=1S/C14H23NO2/c1-10(2)17-9-13-8-12(11(3)15-4)6-7-14(13)16-5/h6-8,10-11,15H,9H2,1-5H3. The Morgan fingerprint density at radius 3 is 2.47 bits per heavy atom. The highest BCUT2D eigenvalue weighted by atomic mass is 16.5. The molecule has 0 fully saturated rings. The van der Waals surface area contributed by atoms with Crippen molar-refractivity contribution >= 4 is 0 Å². The van der Waals surface area contributed by atoms with E-state index in [0.29, 0.717) is 12.6 Å². The van der Waals surface area contributed by atoms with E-state index < -0.39 is 0 Å². The Hall–Kier alpha value is -1.06. The molecule has 0 aromatic heterocycles. The average Bonchev–Trinajstić information content (AvgIpc) is 2.34. The maximum Gasteiger partial charge on any atom is 0.124 e. The third-order valence-electron chi connectivity index (χ3n) is 2.81. The molecule has 1 atom stereocenters. The van der Waals surface area contributed by atoms with E-state index in [0.717, 1.165) is 11.3 Å². The maximum absolute atomic E-state index is 5.64. The molecule has 1 aromatic carbocycles. The lowest BCUT2D eigenvalue weighted by Crippen LogP contribution is -2.13. The van der Waals surface area contributed by atoms with E-state index >= 15 is 0 Å². The molecule has 96 valence electrons. The summed E-state index contributed by atoms with van der Waals surface area (Å²) in [4.78, 5) is 0. The summed E-state index contributed by atoms with van der Waals surface area (Å²) in [7, 11) is 3.65. The molecule has 0 aliphatic carbocycles. The quantitative estimate of drug-likeness (QED) is 0.825. The molecule has 0 aliphatic heterocycles. The van der Waals surface area contributed by atoms with E-state index in [1.54, 1.807) is 7.11 Å². The molecule has 1 aromatic rings. The third-order valence-corrected chi connectivity index (χ3v) is 2.81. The second-order valence-electron chi connectivity index (χ2n) is 4.44. The summed E-state index contributed by atoms with van der Waals surface area (Å²) in [6, 6.07) is 6.56. The molecule has 3 nitrogen and oxygen atoms in total. The predicted octanol–water partition coefficient (Wildman–Crippen LogP) is 2.90. The van der Waals surface area contributed by atoms with Crippen molar-refractivity contribution in [1.82, 2.24) is 5.32 Å². The highest BCUT2D eigenvalue weighted by molar-refractivity contribution is 5.38. The molecule has 1 N–H and O–H groups in total. The van der Waals surface area contributed by atoms with Crippen LogP contribution in [0.25, 0.3) is 0 Å². The van der Waals surface area contributed by atoms with Crippen LogP contribution < -0.4 is 10.1 Å². The number of benzene rings is 1. The van der Waals surface area contributed by atoms with Gasteiger partial charge in [0.2, 0.25) is 0 Å². The fourth-order valence-corrected chi connectivity index (χ4v) is 1.60. The van der Waals surface area contributed by atoms with E-state index in [4.69, 9.17) is 9.47 Å². The fourth-order valence-electron chi connectivity index (χ4n) is 1.60. The van der Waals surface area contributed by atoms with Crippen LogP contribution in [0, 0.1) is 0 Å². The van der Waals surface area contributed by atoms with Gasteiger partial charge >= 0.3 is 0 Å². The number of nitrogens with one attached hydrogen (secondary N) is 1. The first kappa shape index (κ1) is 14.0.